The molecule has 1 heterocycles. The SMILES string of the molecule is COc1cc(C)c(S(=O)(=O)N(C)CCOCC(=O)NC(C)c2ccc3c(c2)CCN(C)CC3)c(C)c1. The maximum absolute atomic E-state index is 13.1. The molecule has 1 aliphatic heterocycles. The number of methoxy groups -OCH3 is 1. The largest absolute Gasteiger partial charge is 0.497 e. The molecule has 2 aromatic carbocycles. The summed E-state index contributed by atoms with van der Waals surface area (Å²) >= 11 is 0. The Hall–Kier alpha value is -2.46. The highest BCUT2D eigenvalue weighted by molar-refractivity contribution is 7.89. The van der Waals surface area contributed by atoms with Crippen LogP contribution in [0.5, 0.6) is 5.75 Å². The van der Waals surface area contributed by atoms with Crippen molar-refractivity contribution in [2.24, 2.45) is 0 Å². The molecule has 0 aromatic heterocycles. The number of nitrogens with zero attached hydrogens (tertiary/aromatic N) is 2. The monoisotopic (exact) mass is 517 g/mol. The van der Waals surface area contributed by atoms with Crippen LogP contribution in [0, 0.1) is 13.8 Å². The quantitative estimate of drug-likeness (QED) is 0.488. The topological polar surface area (TPSA) is 88.2 Å². The highest BCUT2D eigenvalue weighted by Crippen LogP contribution is 2.27. The minimum atomic E-state index is -3.70. The Morgan fingerprint density at radius 3 is 2.39 bits per heavy atom. The van der Waals surface area contributed by atoms with Gasteiger partial charge in [-0.1, -0.05) is 18.2 Å². The maximum Gasteiger partial charge on any atom is 0.246 e. The minimum absolute atomic E-state index is 0.109. The lowest BCUT2D eigenvalue weighted by molar-refractivity contribution is -0.126. The first-order valence-electron chi connectivity index (χ1n) is 12.3. The van der Waals surface area contributed by atoms with Gasteiger partial charge in [0, 0.05) is 26.7 Å². The summed E-state index contributed by atoms with van der Waals surface area (Å²) in [5.41, 5.74) is 5.04. The number of hydrogen-bond acceptors (Lipinski definition) is 6. The third kappa shape index (κ3) is 6.85. The summed E-state index contributed by atoms with van der Waals surface area (Å²) in [6, 6.07) is 9.72. The zero-order valence-electron chi connectivity index (χ0n) is 22.3. The number of carbonyl (C=O) groups is 1. The molecular weight excluding hydrogens is 478 g/mol. The van der Waals surface area contributed by atoms with E-state index in [4.69, 9.17) is 9.47 Å². The van der Waals surface area contributed by atoms with Crippen LogP contribution in [0.25, 0.3) is 0 Å². The van der Waals surface area contributed by atoms with Gasteiger partial charge < -0.3 is 19.7 Å². The Morgan fingerprint density at radius 1 is 1.11 bits per heavy atom. The summed E-state index contributed by atoms with van der Waals surface area (Å²) in [5, 5.41) is 2.98. The molecule has 0 radical (unpaired) electrons. The average Bonchev–Trinajstić information content (AvgIpc) is 3.01. The fourth-order valence-corrected chi connectivity index (χ4v) is 6.12. The number of carbonyl (C=O) groups excluding carboxylic acids is 1. The Kier molecular flexibility index (Phi) is 9.52. The van der Waals surface area contributed by atoms with Crippen LogP contribution in [0.4, 0.5) is 0 Å². The zero-order valence-corrected chi connectivity index (χ0v) is 23.1. The van der Waals surface area contributed by atoms with E-state index < -0.39 is 10.0 Å². The zero-order chi connectivity index (χ0) is 26.5. The number of likely N-dealkylation sites (N-methyl/N-ethyl adjacent to an activating group) is 2. The van der Waals surface area contributed by atoms with Crippen LogP contribution >= 0.6 is 0 Å². The number of rotatable bonds is 10. The highest BCUT2D eigenvalue weighted by atomic mass is 32.2. The Balaban J connectivity index is 1.49. The number of ether oxygens (including phenoxy) is 2. The Labute approximate surface area is 215 Å². The summed E-state index contributed by atoms with van der Waals surface area (Å²) in [5.74, 6) is 0.387. The van der Waals surface area contributed by atoms with E-state index in [1.54, 1.807) is 33.1 Å². The van der Waals surface area contributed by atoms with Gasteiger partial charge in [-0.3, -0.25) is 4.79 Å². The van der Waals surface area contributed by atoms with Crippen LogP contribution in [0.3, 0.4) is 0 Å². The molecule has 1 unspecified atom stereocenters. The van der Waals surface area contributed by atoms with E-state index in [9.17, 15) is 13.2 Å². The molecule has 2 aromatic rings. The van der Waals surface area contributed by atoms with E-state index in [1.165, 1.54) is 22.5 Å². The van der Waals surface area contributed by atoms with E-state index in [0.717, 1.165) is 31.5 Å². The summed E-state index contributed by atoms with van der Waals surface area (Å²) in [6.07, 6.45) is 2.05. The predicted octanol–water partition coefficient (Wildman–Crippen LogP) is 2.86. The summed E-state index contributed by atoms with van der Waals surface area (Å²) in [4.78, 5) is 15.0. The number of sulfonamides is 1. The first-order valence-corrected chi connectivity index (χ1v) is 13.8. The van der Waals surface area contributed by atoms with Crippen LogP contribution in [0.2, 0.25) is 0 Å². The number of hydrogen-bond donors (Lipinski definition) is 1. The van der Waals surface area contributed by atoms with Gasteiger partial charge in [0.25, 0.3) is 0 Å². The number of benzene rings is 2. The molecule has 0 saturated carbocycles. The fraction of sp³-hybridized carbons (Fsp3) is 0.519. The van der Waals surface area contributed by atoms with Gasteiger partial charge in [-0.05, 0) is 80.6 Å². The molecule has 36 heavy (non-hydrogen) atoms. The molecule has 9 heteroatoms. The van der Waals surface area contributed by atoms with E-state index in [0.29, 0.717) is 16.9 Å². The molecule has 0 aliphatic carbocycles. The second kappa shape index (κ2) is 12.2. The molecule has 198 valence electrons. The third-order valence-corrected chi connectivity index (χ3v) is 8.92. The standard InChI is InChI=1S/C27H39N3O5S/c1-19-15-25(34-6)16-20(2)27(19)36(32,33)30(5)13-14-35-18-26(31)28-21(3)23-8-7-22-9-11-29(4)12-10-24(22)17-23/h7-8,15-17,21H,9-14,18H2,1-6H3,(H,28,31). The van der Waals surface area contributed by atoms with E-state index in [1.807, 2.05) is 6.92 Å². The van der Waals surface area contributed by atoms with Crippen LogP contribution in [-0.4, -0.2) is 77.6 Å². The molecule has 1 atom stereocenters. The van der Waals surface area contributed by atoms with Gasteiger partial charge in [0.2, 0.25) is 15.9 Å². The van der Waals surface area contributed by atoms with Crippen molar-refractivity contribution in [3.8, 4) is 5.75 Å². The van der Waals surface area contributed by atoms with Crippen molar-refractivity contribution in [1.82, 2.24) is 14.5 Å². The molecule has 0 bridgehead atoms. The summed E-state index contributed by atoms with van der Waals surface area (Å²) < 4.78 is 38.2. The second-order valence-corrected chi connectivity index (χ2v) is 11.6. The molecule has 1 N–H and O–H groups in total. The molecular formula is C27H39N3O5S. The van der Waals surface area contributed by atoms with Crippen LogP contribution < -0.4 is 10.1 Å². The number of aryl methyl sites for hydroxylation is 2. The van der Waals surface area contributed by atoms with Gasteiger partial charge in [-0.15, -0.1) is 0 Å². The van der Waals surface area contributed by atoms with Crippen molar-refractivity contribution in [1.29, 1.82) is 0 Å². The van der Waals surface area contributed by atoms with Gasteiger partial charge in [0.05, 0.1) is 24.7 Å². The molecule has 1 aliphatic rings. The molecule has 8 nitrogen and oxygen atoms in total. The third-order valence-electron chi connectivity index (χ3n) is 6.76. The first-order chi connectivity index (χ1) is 17.0. The molecule has 3 rings (SSSR count). The van der Waals surface area contributed by atoms with Crippen LogP contribution in [0.15, 0.2) is 35.2 Å². The molecule has 0 fully saturated rings. The first kappa shape index (κ1) is 28.1. The van der Waals surface area contributed by atoms with E-state index >= 15 is 0 Å². The van der Waals surface area contributed by atoms with Crippen molar-refractivity contribution in [2.45, 2.75) is 44.6 Å². The molecule has 0 saturated heterocycles. The summed E-state index contributed by atoms with van der Waals surface area (Å²) in [6.45, 7) is 7.67. The van der Waals surface area contributed by atoms with E-state index in [2.05, 4.69) is 35.5 Å². The van der Waals surface area contributed by atoms with E-state index in [-0.39, 0.29) is 36.6 Å². The van der Waals surface area contributed by atoms with Crippen molar-refractivity contribution in [3.63, 3.8) is 0 Å². The van der Waals surface area contributed by atoms with Gasteiger partial charge in [0.1, 0.15) is 12.4 Å². The lowest BCUT2D eigenvalue weighted by atomic mass is 9.97. The average molecular weight is 518 g/mol. The lowest BCUT2D eigenvalue weighted by Crippen LogP contribution is -2.34. The molecule has 0 spiro atoms. The van der Waals surface area contributed by atoms with Crippen LogP contribution in [0.1, 0.15) is 40.8 Å². The Morgan fingerprint density at radius 2 is 1.75 bits per heavy atom. The Bertz CT molecular complexity index is 1160. The summed E-state index contributed by atoms with van der Waals surface area (Å²) in [7, 11) is 1.51. The lowest BCUT2D eigenvalue weighted by Gasteiger charge is -2.21. The predicted molar refractivity (Wildman–Crippen MR) is 141 cm³/mol. The minimum Gasteiger partial charge on any atom is -0.497 e. The van der Waals surface area contributed by atoms with Gasteiger partial charge in [-0.2, -0.15) is 4.31 Å². The van der Waals surface area contributed by atoms with Crippen molar-refractivity contribution >= 4 is 15.9 Å². The second-order valence-electron chi connectivity index (χ2n) is 9.59. The van der Waals surface area contributed by atoms with Crippen LogP contribution in [-0.2, 0) is 32.4 Å². The van der Waals surface area contributed by atoms with Crippen molar-refractivity contribution in [2.75, 3.05) is 54.1 Å². The normalized spacial score (nSPS) is 15.3. The van der Waals surface area contributed by atoms with Gasteiger partial charge in [-0.25, -0.2) is 8.42 Å². The number of nitrogens with one attached hydrogen (secondary N) is 1. The fourth-order valence-electron chi connectivity index (χ4n) is 4.56. The smallest absolute Gasteiger partial charge is 0.246 e. The number of amides is 1. The molecule has 1 amide bonds. The van der Waals surface area contributed by atoms with Crippen molar-refractivity contribution in [3.05, 3.63) is 58.1 Å². The maximum atomic E-state index is 13.1. The number of fused-ring (bicyclic) bond motifs is 1. The van der Waals surface area contributed by atoms with Gasteiger partial charge in [0.15, 0.2) is 0 Å². The highest BCUT2D eigenvalue weighted by Gasteiger charge is 2.25. The van der Waals surface area contributed by atoms with Crippen molar-refractivity contribution < 1.29 is 22.7 Å². The van der Waals surface area contributed by atoms with Gasteiger partial charge >= 0.3 is 0 Å².